The first kappa shape index (κ1) is 18.5. The van der Waals surface area contributed by atoms with E-state index < -0.39 is 0 Å². The van der Waals surface area contributed by atoms with E-state index in [2.05, 4.69) is 20.3 Å². The van der Waals surface area contributed by atoms with E-state index in [-0.39, 0.29) is 0 Å². The number of nitrogens with zero attached hydrogens (tertiary/aromatic N) is 3. The van der Waals surface area contributed by atoms with E-state index in [1.807, 2.05) is 19.9 Å². The molecule has 0 bridgehead atoms. The van der Waals surface area contributed by atoms with E-state index in [9.17, 15) is 0 Å². The summed E-state index contributed by atoms with van der Waals surface area (Å²) in [5, 5.41) is 3.95. The van der Waals surface area contributed by atoms with Crippen molar-refractivity contribution in [2.24, 2.45) is 0 Å². The summed E-state index contributed by atoms with van der Waals surface area (Å²) in [5.74, 6) is 2.70. The van der Waals surface area contributed by atoms with Gasteiger partial charge in [0, 0.05) is 17.8 Å². The lowest BCUT2D eigenvalue weighted by molar-refractivity contribution is 0.369. The van der Waals surface area contributed by atoms with Crippen LogP contribution in [0.5, 0.6) is 17.2 Å². The molecule has 0 atom stereocenters. The van der Waals surface area contributed by atoms with Crippen molar-refractivity contribution in [1.82, 2.24) is 15.0 Å². The maximum atomic E-state index is 6.13. The second-order valence-corrected chi connectivity index (χ2v) is 6.08. The fourth-order valence-electron chi connectivity index (χ4n) is 3.01. The minimum Gasteiger partial charge on any atom is -0.496 e. The van der Waals surface area contributed by atoms with Crippen molar-refractivity contribution < 1.29 is 14.2 Å². The Morgan fingerprint density at radius 1 is 0.926 bits per heavy atom. The number of aromatic nitrogens is 3. The first-order valence-electron chi connectivity index (χ1n) is 8.41. The number of rotatable bonds is 6. The number of pyridine rings is 1. The summed E-state index contributed by atoms with van der Waals surface area (Å²) < 4.78 is 16.2. The Labute approximate surface area is 157 Å². The Morgan fingerprint density at radius 2 is 1.59 bits per heavy atom. The van der Waals surface area contributed by atoms with Gasteiger partial charge in [-0.3, -0.25) is 0 Å². The lowest BCUT2D eigenvalue weighted by atomic mass is 10.1. The summed E-state index contributed by atoms with van der Waals surface area (Å²) in [4.78, 5) is 13.3. The van der Waals surface area contributed by atoms with E-state index in [1.165, 1.54) is 0 Å². The van der Waals surface area contributed by atoms with Gasteiger partial charge in [-0.1, -0.05) is 0 Å². The molecule has 0 spiro atoms. The third-order valence-corrected chi connectivity index (χ3v) is 4.26. The van der Waals surface area contributed by atoms with Crippen molar-refractivity contribution in [2.45, 2.75) is 20.4 Å². The summed E-state index contributed by atoms with van der Waals surface area (Å²) in [6.45, 7) is 4.27. The maximum Gasteiger partial charge on any atom is 0.227 e. The lowest BCUT2D eigenvalue weighted by Crippen LogP contribution is -2.09. The van der Waals surface area contributed by atoms with Crippen LogP contribution in [0, 0.1) is 13.8 Å². The molecule has 8 heteroatoms. The Morgan fingerprint density at radius 3 is 2.19 bits per heavy atom. The van der Waals surface area contributed by atoms with Gasteiger partial charge in [0.25, 0.3) is 0 Å². The molecule has 3 rings (SSSR count). The minimum atomic E-state index is 0.381. The van der Waals surface area contributed by atoms with Gasteiger partial charge in [-0.15, -0.1) is 0 Å². The summed E-state index contributed by atoms with van der Waals surface area (Å²) >= 11 is 0. The highest BCUT2D eigenvalue weighted by Crippen LogP contribution is 2.34. The molecule has 2 aromatic heterocycles. The predicted octanol–water partition coefficient (Wildman–Crippen LogP) is 2.86. The molecule has 3 N–H and O–H groups in total. The zero-order valence-electron chi connectivity index (χ0n) is 16.1. The highest BCUT2D eigenvalue weighted by Gasteiger charge is 2.15. The Kier molecular flexibility index (Phi) is 5.16. The second kappa shape index (κ2) is 7.53. The van der Waals surface area contributed by atoms with Crippen LogP contribution in [0.1, 0.15) is 16.8 Å². The number of hydrogen-bond acceptors (Lipinski definition) is 8. The smallest absolute Gasteiger partial charge is 0.227 e. The van der Waals surface area contributed by atoms with Gasteiger partial charge >= 0.3 is 0 Å². The highest BCUT2D eigenvalue weighted by atomic mass is 16.5. The SMILES string of the molecule is COc1cc(OC)c(CNc2nc(N)c3c(C)cc(C)nc3n2)c(OC)c1. The number of fused-ring (bicyclic) bond motifs is 1. The maximum absolute atomic E-state index is 6.13. The first-order valence-corrected chi connectivity index (χ1v) is 8.41. The van der Waals surface area contributed by atoms with Crippen LogP contribution in [0.4, 0.5) is 11.8 Å². The number of aryl methyl sites for hydroxylation is 2. The summed E-state index contributed by atoms with van der Waals surface area (Å²) in [5.41, 5.74) is 9.39. The van der Waals surface area contributed by atoms with Crippen LogP contribution in [0.25, 0.3) is 11.0 Å². The van der Waals surface area contributed by atoms with E-state index in [4.69, 9.17) is 19.9 Å². The number of anilines is 2. The van der Waals surface area contributed by atoms with E-state index in [1.54, 1.807) is 33.5 Å². The van der Waals surface area contributed by atoms with Gasteiger partial charge in [0.1, 0.15) is 23.1 Å². The average molecular weight is 369 g/mol. The van der Waals surface area contributed by atoms with Crippen LogP contribution in [0.15, 0.2) is 18.2 Å². The van der Waals surface area contributed by atoms with Crippen LogP contribution in [0.2, 0.25) is 0 Å². The normalized spacial score (nSPS) is 10.7. The largest absolute Gasteiger partial charge is 0.496 e. The summed E-state index contributed by atoms with van der Waals surface area (Å²) in [6, 6.07) is 5.55. The number of methoxy groups -OCH3 is 3. The van der Waals surface area contributed by atoms with Crippen molar-refractivity contribution in [2.75, 3.05) is 32.4 Å². The van der Waals surface area contributed by atoms with Gasteiger partial charge < -0.3 is 25.3 Å². The van der Waals surface area contributed by atoms with Crippen molar-refractivity contribution >= 4 is 22.8 Å². The van der Waals surface area contributed by atoms with Gasteiger partial charge in [-0.05, 0) is 25.5 Å². The topological polar surface area (TPSA) is 104 Å². The molecule has 0 radical (unpaired) electrons. The van der Waals surface area contributed by atoms with Crippen LogP contribution in [-0.4, -0.2) is 36.3 Å². The van der Waals surface area contributed by atoms with E-state index in [0.717, 1.165) is 22.2 Å². The van der Waals surface area contributed by atoms with Gasteiger partial charge in [-0.2, -0.15) is 9.97 Å². The fraction of sp³-hybridized carbons (Fsp3) is 0.316. The van der Waals surface area contributed by atoms with Crippen molar-refractivity contribution in [3.8, 4) is 17.2 Å². The molecule has 0 saturated carbocycles. The average Bonchev–Trinajstić information content (AvgIpc) is 2.64. The molecule has 1 aromatic carbocycles. The van der Waals surface area contributed by atoms with Crippen molar-refractivity contribution in [3.63, 3.8) is 0 Å². The van der Waals surface area contributed by atoms with E-state index in [0.29, 0.717) is 41.2 Å². The molecule has 142 valence electrons. The van der Waals surface area contributed by atoms with E-state index >= 15 is 0 Å². The Hall–Kier alpha value is -3.29. The number of hydrogen-bond donors (Lipinski definition) is 2. The van der Waals surface area contributed by atoms with Crippen molar-refractivity contribution in [1.29, 1.82) is 0 Å². The molecule has 8 nitrogen and oxygen atoms in total. The highest BCUT2D eigenvalue weighted by molar-refractivity contribution is 5.89. The van der Waals surface area contributed by atoms with Crippen LogP contribution in [0.3, 0.4) is 0 Å². The number of nitrogens with two attached hydrogens (primary N) is 1. The Balaban J connectivity index is 1.95. The van der Waals surface area contributed by atoms with Gasteiger partial charge in [0.15, 0.2) is 5.65 Å². The molecule has 0 aliphatic heterocycles. The van der Waals surface area contributed by atoms with Crippen LogP contribution in [-0.2, 0) is 6.54 Å². The first-order chi connectivity index (χ1) is 13.0. The fourth-order valence-corrected chi connectivity index (χ4v) is 3.01. The summed E-state index contributed by atoms with van der Waals surface area (Å²) in [7, 11) is 4.78. The molecule has 0 aliphatic carbocycles. The number of benzene rings is 1. The number of nitrogens with one attached hydrogen (secondary N) is 1. The minimum absolute atomic E-state index is 0.381. The molecule has 3 aromatic rings. The van der Waals surface area contributed by atoms with Crippen LogP contribution < -0.4 is 25.3 Å². The molecular weight excluding hydrogens is 346 g/mol. The lowest BCUT2D eigenvalue weighted by Gasteiger charge is -2.16. The van der Waals surface area contributed by atoms with Crippen LogP contribution >= 0.6 is 0 Å². The standard InChI is InChI=1S/C19H23N5O3/c1-10-6-11(2)22-18-16(10)17(20)23-19(24-18)21-9-13-14(26-4)7-12(25-3)8-15(13)27-5/h6-8H,9H2,1-5H3,(H3,20,21,22,23,24). The number of nitrogen functional groups attached to an aromatic ring is 1. The molecule has 0 aliphatic rings. The third-order valence-electron chi connectivity index (χ3n) is 4.26. The van der Waals surface area contributed by atoms with Gasteiger partial charge in [0.2, 0.25) is 5.95 Å². The van der Waals surface area contributed by atoms with Crippen molar-refractivity contribution in [3.05, 3.63) is 35.0 Å². The summed E-state index contributed by atoms with van der Waals surface area (Å²) in [6.07, 6.45) is 0. The zero-order chi connectivity index (χ0) is 19.6. The molecule has 0 fully saturated rings. The molecule has 0 saturated heterocycles. The Bertz CT molecular complexity index is 966. The quantitative estimate of drug-likeness (QED) is 0.683. The molecular formula is C19H23N5O3. The monoisotopic (exact) mass is 369 g/mol. The molecule has 27 heavy (non-hydrogen) atoms. The van der Waals surface area contributed by atoms with Gasteiger partial charge in [0.05, 0.1) is 38.8 Å². The third kappa shape index (κ3) is 3.64. The zero-order valence-corrected chi connectivity index (χ0v) is 16.1. The predicted molar refractivity (Wildman–Crippen MR) is 105 cm³/mol. The van der Waals surface area contributed by atoms with Gasteiger partial charge in [-0.25, -0.2) is 4.98 Å². The number of ether oxygens (including phenoxy) is 3. The molecule has 2 heterocycles. The molecule has 0 amide bonds. The molecule has 0 unspecified atom stereocenters. The second-order valence-electron chi connectivity index (χ2n) is 6.08.